The number of aromatic hydroxyl groups is 1. The average molecular weight is 350 g/mol. The van der Waals surface area contributed by atoms with Crippen LogP contribution in [0.15, 0.2) is 48.8 Å². The lowest BCUT2D eigenvalue weighted by atomic mass is 10.1. The predicted molar refractivity (Wildman–Crippen MR) is 102 cm³/mol. The van der Waals surface area contributed by atoms with Crippen LogP contribution in [0.1, 0.15) is 19.3 Å². The van der Waals surface area contributed by atoms with Crippen LogP contribution >= 0.6 is 0 Å². The molecule has 2 aromatic carbocycles. The van der Waals surface area contributed by atoms with Gasteiger partial charge in [-0.05, 0) is 55.8 Å². The Morgan fingerprint density at radius 2 is 2.00 bits per heavy atom. The van der Waals surface area contributed by atoms with Crippen molar-refractivity contribution in [3.8, 4) is 11.5 Å². The highest BCUT2D eigenvalue weighted by atomic mass is 16.5. The van der Waals surface area contributed by atoms with Gasteiger partial charge >= 0.3 is 0 Å². The molecular formula is C20H22N4O2. The van der Waals surface area contributed by atoms with E-state index in [2.05, 4.69) is 20.6 Å². The van der Waals surface area contributed by atoms with Gasteiger partial charge in [-0.1, -0.05) is 12.5 Å². The zero-order valence-corrected chi connectivity index (χ0v) is 14.5. The molecule has 0 spiro atoms. The highest BCUT2D eigenvalue weighted by Gasteiger charge is 2.15. The van der Waals surface area contributed by atoms with E-state index >= 15 is 0 Å². The van der Waals surface area contributed by atoms with Crippen molar-refractivity contribution in [2.24, 2.45) is 0 Å². The SMILES string of the molecule is Oc1ccc(Nc2ncnc3cccc(OC[C@H]4CCCCN4)c23)cc1. The Hall–Kier alpha value is -2.86. The molecule has 4 rings (SSSR count). The van der Waals surface area contributed by atoms with E-state index in [1.165, 1.54) is 19.2 Å². The minimum absolute atomic E-state index is 0.229. The summed E-state index contributed by atoms with van der Waals surface area (Å²) in [7, 11) is 0. The van der Waals surface area contributed by atoms with E-state index in [9.17, 15) is 5.11 Å². The van der Waals surface area contributed by atoms with Gasteiger partial charge in [-0.15, -0.1) is 0 Å². The molecule has 1 fully saturated rings. The summed E-state index contributed by atoms with van der Waals surface area (Å²) >= 11 is 0. The van der Waals surface area contributed by atoms with Crippen molar-refractivity contribution in [1.29, 1.82) is 0 Å². The summed E-state index contributed by atoms with van der Waals surface area (Å²) in [5, 5.41) is 17.1. The number of hydrogen-bond donors (Lipinski definition) is 3. The second-order valence-electron chi connectivity index (χ2n) is 6.50. The maximum absolute atomic E-state index is 9.45. The topological polar surface area (TPSA) is 79.3 Å². The van der Waals surface area contributed by atoms with Crippen LogP contribution in [0.25, 0.3) is 10.9 Å². The molecule has 3 aromatic rings. The standard InChI is InChI=1S/C20H22N4O2/c25-16-9-7-14(8-10-16)24-20-19-17(22-13-23-20)5-3-6-18(19)26-12-15-4-1-2-11-21-15/h3,5-10,13,15,21,25H,1-2,4,11-12H2,(H,22,23,24)/t15-/m1/s1. The van der Waals surface area contributed by atoms with Crippen LogP contribution in [0, 0.1) is 0 Å². The Morgan fingerprint density at radius 3 is 2.81 bits per heavy atom. The van der Waals surface area contributed by atoms with Crippen LogP contribution in [-0.4, -0.2) is 34.3 Å². The molecule has 3 N–H and O–H groups in total. The molecule has 1 aliphatic rings. The molecular weight excluding hydrogens is 328 g/mol. The number of piperidine rings is 1. The van der Waals surface area contributed by atoms with Crippen molar-refractivity contribution >= 4 is 22.4 Å². The van der Waals surface area contributed by atoms with E-state index in [0.717, 1.165) is 35.3 Å². The summed E-state index contributed by atoms with van der Waals surface area (Å²) in [5.74, 6) is 1.69. The minimum atomic E-state index is 0.229. The van der Waals surface area contributed by atoms with Crippen LogP contribution in [0.2, 0.25) is 0 Å². The van der Waals surface area contributed by atoms with Crippen LogP contribution in [0.5, 0.6) is 11.5 Å². The maximum atomic E-state index is 9.45. The quantitative estimate of drug-likeness (QED) is 0.610. The molecule has 0 saturated carbocycles. The Bertz CT molecular complexity index is 871. The first kappa shape index (κ1) is 16.6. The number of anilines is 2. The first-order valence-corrected chi connectivity index (χ1v) is 8.95. The minimum Gasteiger partial charge on any atom is -0.508 e. The Labute approximate surface area is 152 Å². The highest BCUT2D eigenvalue weighted by molar-refractivity contribution is 5.95. The summed E-state index contributed by atoms with van der Waals surface area (Å²) in [6.07, 6.45) is 5.16. The molecule has 6 nitrogen and oxygen atoms in total. The number of nitrogens with zero attached hydrogens (tertiary/aromatic N) is 2. The maximum Gasteiger partial charge on any atom is 0.145 e. The number of phenols is 1. The van der Waals surface area contributed by atoms with Gasteiger partial charge in [0, 0.05) is 11.7 Å². The Balaban J connectivity index is 1.61. The lowest BCUT2D eigenvalue weighted by molar-refractivity contribution is 0.241. The van der Waals surface area contributed by atoms with E-state index in [1.807, 2.05) is 18.2 Å². The van der Waals surface area contributed by atoms with E-state index in [4.69, 9.17) is 4.74 Å². The summed E-state index contributed by atoms with van der Waals surface area (Å²) in [6, 6.07) is 13.1. The van der Waals surface area contributed by atoms with Crippen LogP contribution in [0.3, 0.4) is 0 Å². The molecule has 134 valence electrons. The van der Waals surface area contributed by atoms with Crippen molar-refractivity contribution < 1.29 is 9.84 Å². The van der Waals surface area contributed by atoms with Gasteiger partial charge in [0.15, 0.2) is 0 Å². The molecule has 1 atom stereocenters. The molecule has 0 amide bonds. The number of aromatic nitrogens is 2. The number of phenolic OH excluding ortho intramolecular Hbond substituents is 1. The van der Waals surface area contributed by atoms with E-state index in [-0.39, 0.29) is 5.75 Å². The smallest absolute Gasteiger partial charge is 0.145 e. The predicted octanol–water partition coefficient (Wildman–Crippen LogP) is 3.60. The molecule has 1 aliphatic heterocycles. The summed E-state index contributed by atoms with van der Waals surface area (Å²) in [5.41, 5.74) is 1.67. The van der Waals surface area contributed by atoms with Crippen molar-refractivity contribution in [2.75, 3.05) is 18.5 Å². The fourth-order valence-corrected chi connectivity index (χ4v) is 3.23. The first-order chi connectivity index (χ1) is 12.8. The van der Waals surface area contributed by atoms with Crippen molar-refractivity contribution in [3.63, 3.8) is 0 Å². The van der Waals surface area contributed by atoms with Gasteiger partial charge in [-0.25, -0.2) is 9.97 Å². The van der Waals surface area contributed by atoms with Gasteiger partial charge < -0.3 is 20.5 Å². The highest BCUT2D eigenvalue weighted by Crippen LogP contribution is 2.32. The number of hydrogen-bond acceptors (Lipinski definition) is 6. The fraction of sp³-hybridized carbons (Fsp3) is 0.300. The van der Waals surface area contributed by atoms with Gasteiger partial charge in [0.05, 0.1) is 10.9 Å². The summed E-state index contributed by atoms with van der Waals surface area (Å²) in [4.78, 5) is 8.77. The second kappa shape index (κ2) is 7.58. The van der Waals surface area contributed by atoms with E-state index in [1.54, 1.807) is 24.3 Å². The zero-order chi connectivity index (χ0) is 17.8. The molecule has 2 heterocycles. The molecule has 1 aromatic heterocycles. The van der Waals surface area contributed by atoms with Crippen LogP contribution in [-0.2, 0) is 0 Å². The van der Waals surface area contributed by atoms with Gasteiger partial charge in [0.2, 0.25) is 0 Å². The first-order valence-electron chi connectivity index (χ1n) is 8.95. The normalized spacial score (nSPS) is 17.2. The van der Waals surface area contributed by atoms with Gasteiger partial charge in [0.25, 0.3) is 0 Å². The third kappa shape index (κ3) is 3.70. The number of fused-ring (bicyclic) bond motifs is 1. The Morgan fingerprint density at radius 1 is 1.12 bits per heavy atom. The van der Waals surface area contributed by atoms with E-state index < -0.39 is 0 Å². The van der Waals surface area contributed by atoms with Crippen LogP contribution in [0.4, 0.5) is 11.5 Å². The monoisotopic (exact) mass is 350 g/mol. The third-order valence-corrected chi connectivity index (χ3v) is 4.61. The lowest BCUT2D eigenvalue weighted by Gasteiger charge is -2.24. The molecule has 0 unspecified atom stereocenters. The molecule has 26 heavy (non-hydrogen) atoms. The number of rotatable bonds is 5. The second-order valence-corrected chi connectivity index (χ2v) is 6.50. The summed E-state index contributed by atoms with van der Waals surface area (Å²) in [6.45, 7) is 1.69. The summed E-state index contributed by atoms with van der Waals surface area (Å²) < 4.78 is 6.13. The number of benzene rings is 2. The van der Waals surface area contributed by atoms with Gasteiger partial charge in [0.1, 0.15) is 30.3 Å². The lowest BCUT2D eigenvalue weighted by Crippen LogP contribution is -2.38. The largest absolute Gasteiger partial charge is 0.508 e. The fourth-order valence-electron chi connectivity index (χ4n) is 3.23. The molecule has 6 heteroatoms. The number of ether oxygens (including phenoxy) is 1. The third-order valence-electron chi connectivity index (χ3n) is 4.61. The Kier molecular flexibility index (Phi) is 4.84. The molecule has 0 radical (unpaired) electrons. The van der Waals surface area contributed by atoms with Crippen LogP contribution < -0.4 is 15.4 Å². The van der Waals surface area contributed by atoms with Gasteiger partial charge in [-0.3, -0.25) is 0 Å². The zero-order valence-electron chi connectivity index (χ0n) is 14.5. The van der Waals surface area contributed by atoms with E-state index in [0.29, 0.717) is 18.5 Å². The molecule has 0 bridgehead atoms. The number of nitrogens with one attached hydrogen (secondary N) is 2. The van der Waals surface area contributed by atoms with Crippen molar-refractivity contribution in [2.45, 2.75) is 25.3 Å². The molecule has 1 saturated heterocycles. The van der Waals surface area contributed by atoms with Crippen molar-refractivity contribution in [3.05, 3.63) is 48.8 Å². The average Bonchev–Trinajstić information content (AvgIpc) is 2.69. The van der Waals surface area contributed by atoms with Gasteiger partial charge in [-0.2, -0.15) is 0 Å². The van der Waals surface area contributed by atoms with Crippen molar-refractivity contribution in [1.82, 2.24) is 15.3 Å². The molecule has 0 aliphatic carbocycles.